The molecule has 3 saturated carbocycles. The highest BCUT2D eigenvalue weighted by Gasteiger charge is 2.89. The maximum Gasteiger partial charge on any atom is 0.339 e. The molecule has 4 unspecified atom stereocenters. The van der Waals surface area contributed by atoms with Crippen molar-refractivity contribution in [2.24, 2.45) is 33.5 Å². The molecule has 0 amide bonds. The molecule has 1 aromatic heterocycles. The van der Waals surface area contributed by atoms with Crippen LogP contribution in [0.25, 0.3) is 0 Å². The monoisotopic (exact) mass is 586 g/mol. The Hall–Kier alpha value is -2.88. The molecule has 3 heterocycles. The van der Waals surface area contributed by atoms with Gasteiger partial charge in [0, 0.05) is 54.4 Å². The Kier molecular flexibility index (Phi) is 6.30. The van der Waals surface area contributed by atoms with Crippen LogP contribution in [-0.4, -0.2) is 53.9 Å². The van der Waals surface area contributed by atoms with Crippen LogP contribution in [0.2, 0.25) is 0 Å². The van der Waals surface area contributed by atoms with E-state index in [-0.39, 0.29) is 11.8 Å². The maximum atomic E-state index is 13.5. The van der Waals surface area contributed by atoms with Crippen molar-refractivity contribution >= 4 is 23.9 Å². The molecule has 0 bridgehead atoms. The zero-order valence-electron chi connectivity index (χ0n) is 25.7. The van der Waals surface area contributed by atoms with E-state index < -0.39 is 81.7 Å². The lowest BCUT2D eigenvalue weighted by Crippen LogP contribution is -2.75. The third-order valence-electron chi connectivity index (χ3n) is 12.2. The molecule has 230 valence electrons. The van der Waals surface area contributed by atoms with E-state index in [9.17, 15) is 19.2 Å². The number of carbonyl (C=O) groups excluding carboxylic acids is 4. The second-order valence-corrected chi connectivity index (χ2v) is 14.4. The Bertz CT molecular complexity index is 1320. The van der Waals surface area contributed by atoms with E-state index in [4.69, 9.17) is 28.1 Å². The highest BCUT2D eigenvalue weighted by molar-refractivity contribution is 5.82. The normalized spacial score (nSPS) is 46.5. The summed E-state index contributed by atoms with van der Waals surface area (Å²) < 4.78 is 36.2. The van der Waals surface area contributed by atoms with Crippen molar-refractivity contribution in [3.8, 4) is 0 Å². The predicted octanol–water partition coefficient (Wildman–Crippen LogP) is 4.69. The summed E-state index contributed by atoms with van der Waals surface area (Å²) in [7, 11) is 0. The molecule has 0 N–H and O–H groups in total. The Morgan fingerprint density at radius 2 is 1.45 bits per heavy atom. The highest BCUT2D eigenvalue weighted by atomic mass is 16.7. The van der Waals surface area contributed by atoms with Gasteiger partial charge in [0.25, 0.3) is 0 Å². The first kappa shape index (κ1) is 29.2. The number of furan rings is 1. The molecular weight excluding hydrogens is 544 g/mol. The van der Waals surface area contributed by atoms with Crippen LogP contribution in [0.5, 0.6) is 0 Å². The molecule has 42 heavy (non-hydrogen) atoms. The number of carbonyl (C=O) groups is 4. The van der Waals surface area contributed by atoms with Gasteiger partial charge in [0.05, 0.1) is 12.5 Å². The van der Waals surface area contributed by atoms with E-state index in [2.05, 4.69) is 34.6 Å². The van der Waals surface area contributed by atoms with Gasteiger partial charge in [-0.3, -0.25) is 14.4 Å². The number of fused-ring (bicyclic) bond motifs is 3. The number of rotatable bonds is 4. The zero-order valence-corrected chi connectivity index (χ0v) is 25.7. The minimum atomic E-state index is -0.994. The van der Waals surface area contributed by atoms with Crippen molar-refractivity contribution < 1.29 is 47.3 Å². The molecule has 10 heteroatoms. The summed E-state index contributed by atoms with van der Waals surface area (Å²) in [5.74, 6) is -2.01. The molecule has 11 atom stereocenters. The fourth-order valence-electron chi connectivity index (χ4n) is 10.6. The molecule has 1 aromatic rings. The molecule has 5 aliphatic rings. The minimum absolute atomic E-state index is 0.159. The molecule has 0 radical (unpaired) electrons. The van der Waals surface area contributed by atoms with E-state index in [0.29, 0.717) is 25.7 Å². The van der Waals surface area contributed by atoms with Crippen molar-refractivity contribution in [1.82, 2.24) is 0 Å². The molecule has 0 aromatic carbocycles. The first-order chi connectivity index (χ1) is 19.5. The van der Waals surface area contributed by atoms with E-state index >= 15 is 0 Å². The molecule has 2 aliphatic heterocycles. The molecule has 1 spiro atoms. The molecule has 10 nitrogen and oxygen atoms in total. The Balaban J connectivity index is 1.54. The Morgan fingerprint density at radius 3 is 2.05 bits per heavy atom. The minimum Gasteiger partial charge on any atom is -0.472 e. The fraction of sp³-hybridized carbons (Fsp3) is 0.750. The maximum absolute atomic E-state index is 13.5. The van der Waals surface area contributed by atoms with Gasteiger partial charge < -0.3 is 28.1 Å². The van der Waals surface area contributed by atoms with Gasteiger partial charge in [-0.05, 0) is 37.2 Å². The molecule has 5 fully saturated rings. The predicted molar refractivity (Wildman–Crippen MR) is 145 cm³/mol. The highest BCUT2D eigenvalue weighted by Crippen LogP contribution is 2.80. The first-order valence-electron chi connectivity index (χ1n) is 15.0. The van der Waals surface area contributed by atoms with Gasteiger partial charge in [0.1, 0.15) is 30.0 Å². The number of esters is 4. The van der Waals surface area contributed by atoms with Crippen molar-refractivity contribution in [3.05, 3.63) is 24.2 Å². The van der Waals surface area contributed by atoms with Crippen LogP contribution in [0.15, 0.2) is 23.0 Å². The van der Waals surface area contributed by atoms with E-state index in [1.54, 1.807) is 12.5 Å². The topological polar surface area (TPSA) is 131 Å². The van der Waals surface area contributed by atoms with Crippen LogP contribution >= 0.6 is 0 Å². The summed E-state index contributed by atoms with van der Waals surface area (Å²) >= 11 is 0. The van der Waals surface area contributed by atoms with Crippen LogP contribution in [0, 0.1) is 33.5 Å². The quantitative estimate of drug-likeness (QED) is 0.278. The fourth-order valence-corrected chi connectivity index (χ4v) is 10.6. The average molecular weight is 587 g/mol. The summed E-state index contributed by atoms with van der Waals surface area (Å²) in [5, 5.41) is 0. The smallest absolute Gasteiger partial charge is 0.339 e. The molecule has 3 aliphatic carbocycles. The van der Waals surface area contributed by atoms with Crippen molar-refractivity contribution in [3.63, 3.8) is 0 Å². The zero-order chi connectivity index (χ0) is 30.6. The van der Waals surface area contributed by atoms with Gasteiger partial charge >= 0.3 is 23.9 Å². The van der Waals surface area contributed by atoms with Crippen molar-refractivity contribution in [2.45, 2.75) is 117 Å². The first-order valence-corrected chi connectivity index (χ1v) is 15.0. The van der Waals surface area contributed by atoms with E-state index in [0.717, 1.165) is 5.56 Å². The SMILES string of the molecule is CC(=O)OC1C[C@H](OC(C)=O)[C@@]2(C)C(CC(OC(C)=O)[C@]3(C)C2CC[C@@]2(C)[C@H](c4ccoc4)OC(=O)[C@H]4O[C@@]432)C1(C)C. The summed E-state index contributed by atoms with van der Waals surface area (Å²) in [6.45, 7) is 14.7. The summed E-state index contributed by atoms with van der Waals surface area (Å²) in [5.41, 5.74) is -2.88. The number of cyclic esters (lactones) is 1. The summed E-state index contributed by atoms with van der Waals surface area (Å²) in [6, 6.07) is 1.81. The number of hydrogen-bond donors (Lipinski definition) is 0. The van der Waals surface area contributed by atoms with Crippen molar-refractivity contribution in [2.75, 3.05) is 0 Å². The number of hydrogen-bond acceptors (Lipinski definition) is 10. The van der Waals surface area contributed by atoms with Crippen LogP contribution in [-0.2, 0) is 42.9 Å². The summed E-state index contributed by atoms with van der Waals surface area (Å²) in [4.78, 5) is 50.9. The molecule has 6 rings (SSSR count). The average Bonchev–Trinajstić information content (AvgIpc) is 3.45. The largest absolute Gasteiger partial charge is 0.472 e. The lowest BCUT2D eigenvalue weighted by Gasteiger charge is -2.71. The van der Waals surface area contributed by atoms with Gasteiger partial charge in [-0.25, -0.2) is 4.79 Å². The number of epoxide rings is 1. The second kappa shape index (κ2) is 9.07. The molecule has 2 saturated heterocycles. The van der Waals surface area contributed by atoms with Gasteiger partial charge in [0.15, 0.2) is 6.10 Å². The van der Waals surface area contributed by atoms with Crippen molar-refractivity contribution in [1.29, 1.82) is 0 Å². The van der Waals surface area contributed by atoms with Crippen LogP contribution in [0.4, 0.5) is 0 Å². The van der Waals surface area contributed by atoms with Gasteiger partial charge in [-0.2, -0.15) is 0 Å². The second-order valence-electron chi connectivity index (χ2n) is 14.4. The standard InChI is InChI=1S/C32H42O10/c1-16(33)38-22-14-23(39-17(2)34)30(7)20-9-11-29(6)25(19-10-12-37-15-19)41-27(36)26-32(29,42-26)31(20,8)24(40-18(3)35)13-21(30)28(22,4)5/h10,12,15,20-26H,9,11,13-14H2,1-8H3/t20?,21?,22?,23-,24?,25-,26+,29-,30+,31-,32+/m0/s1. The summed E-state index contributed by atoms with van der Waals surface area (Å²) in [6.07, 6.45) is 2.16. The Morgan fingerprint density at radius 1 is 0.833 bits per heavy atom. The third-order valence-corrected chi connectivity index (χ3v) is 12.2. The van der Waals surface area contributed by atoms with Gasteiger partial charge in [0.2, 0.25) is 0 Å². The Labute approximate surface area is 246 Å². The van der Waals surface area contributed by atoms with Crippen LogP contribution < -0.4 is 0 Å². The lowest BCUT2D eigenvalue weighted by atomic mass is 9.34. The van der Waals surface area contributed by atoms with Gasteiger partial charge in [-0.1, -0.05) is 34.6 Å². The molecular formula is C32H42O10. The van der Waals surface area contributed by atoms with Gasteiger partial charge in [-0.15, -0.1) is 0 Å². The van der Waals surface area contributed by atoms with Crippen LogP contribution in [0.3, 0.4) is 0 Å². The lowest BCUT2D eigenvalue weighted by molar-refractivity contribution is -0.298. The van der Waals surface area contributed by atoms with Crippen LogP contribution in [0.1, 0.15) is 92.7 Å². The number of ether oxygens (including phenoxy) is 5. The third kappa shape index (κ3) is 3.53. The van der Waals surface area contributed by atoms with E-state index in [1.165, 1.54) is 20.8 Å². The van der Waals surface area contributed by atoms with E-state index in [1.807, 2.05) is 6.07 Å².